The third kappa shape index (κ3) is 4.69. The largest absolute Gasteiger partial charge is 0.369 e. The summed E-state index contributed by atoms with van der Waals surface area (Å²) in [5, 5.41) is 0. The van der Waals surface area contributed by atoms with Crippen molar-refractivity contribution >= 4 is 17.5 Å². The first-order valence-electron chi connectivity index (χ1n) is 10.9. The summed E-state index contributed by atoms with van der Waals surface area (Å²) in [6, 6.07) is 8.00. The maximum Gasteiger partial charge on any atom is 0.253 e. The Morgan fingerprint density at radius 2 is 1.65 bits per heavy atom. The number of nitrogens with two attached hydrogens (primary N) is 1. The van der Waals surface area contributed by atoms with Crippen LogP contribution in [-0.4, -0.2) is 77.9 Å². The molecule has 1 aromatic carbocycles. The van der Waals surface area contributed by atoms with Gasteiger partial charge in [-0.1, -0.05) is 0 Å². The highest BCUT2D eigenvalue weighted by Crippen LogP contribution is 2.27. The van der Waals surface area contributed by atoms with E-state index in [-0.39, 0.29) is 11.8 Å². The molecule has 3 heterocycles. The molecule has 8 heteroatoms. The first-order chi connectivity index (χ1) is 14.9. The van der Waals surface area contributed by atoms with Crippen LogP contribution < -0.4 is 10.6 Å². The minimum atomic E-state index is -0.511. The van der Waals surface area contributed by atoms with Crippen molar-refractivity contribution in [2.24, 2.45) is 5.73 Å². The standard InChI is InChI=1S/C23H30N6O2/c1-16-20(21(24)30)15-25-22(26-16)17-7-9-29(10-8-17)23(31)18-3-5-19(6-4-18)28-13-11-27(2)12-14-28/h3-6,15,17H,7-14H2,1-2H3,(H2,24,30). The van der Waals surface area contributed by atoms with Gasteiger partial charge >= 0.3 is 0 Å². The Labute approximate surface area is 183 Å². The van der Waals surface area contributed by atoms with Gasteiger partial charge in [0.25, 0.3) is 11.8 Å². The van der Waals surface area contributed by atoms with Gasteiger partial charge in [-0.05, 0) is 51.1 Å². The monoisotopic (exact) mass is 422 g/mol. The second-order valence-corrected chi connectivity index (χ2v) is 8.50. The van der Waals surface area contributed by atoms with Crippen molar-refractivity contribution in [1.29, 1.82) is 0 Å². The fourth-order valence-corrected chi connectivity index (χ4v) is 4.33. The van der Waals surface area contributed by atoms with E-state index in [0.717, 1.165) is 50.4 Å². The molecule has 2 fully saturated rings. The number of aromatic nitrogens is 2. The molecule has 2 aliphatic rings. The van der Waals surface area contributed by atoms with Crippen LogP contribution in [0.3, 0.4) is 0 Å². The van der Waals surface area contributed by atoms with E-state index >= 15 is 0 Å². The fourth-order valence-electron chi connectivity index (χ4n) is 4.33. The van der Waals surface area contributed by atoms with E-state index in [2.05, 4.69) is 38.9 Å². The van der Waals surface area contributed by atoms with E-state index in [1.165, 1.54) is 11.9 Å². The van der Waals surface area contributed by atoms with E-state index in [0.29, 0.717) is 24.3 Å². The Bertz CT molecular complexity index is 945. The van der Waals surface area contributed by atoms with Gasteiger partial charge in [0.2, 0.25) is 0 Å². The Morgan fingerprint density at radius 3 is 2.23 bits per heavy atom. The molecule has 0 bridgehead atoms. The number of likely N-dealkylation sites (N-methyl/N-ethyl adjacent to an activating group) is 1. The number of anilines is 1. The molecule has 0 aliphatic carbocycles. The number of piperazine rings is 1. The number of hydrogen-bond acceptors (Lipinski definition) is 6. The highest BCUT2D eigenvalue weighted by atomic mass is 16.2. The zero-order valence-electron chi connectivity index (χ0n) is 18.3. The van der Waals surface area contributed by atoms with Crippen molar-refractivity contribution < 1.29 is 9.59 Å². The average molecular weight is 423 g/mol. The molecule has 0 atom stereocenters. The lowest BCUT2D eigenvalue weighted by atomic mass is 9.95. The Hall–Kier alpha value is -3.00. The fraction of sp³-hybridized carbons (Fsp3) is 0.478. The summed E-state index contributed by atoms with van der Waals surface area (Å²) in [7, 11) is 2.14. The lowest BCUT2D eigenvalue weighted by Crippen LogP contribution is -2.44. The number of likely N-dealkylation sites (tertiary alicyclic amines) is 1. The molecule has 0 unspecified atom stereocenters. The van der Waals surface area contributed by atoms with Gasteiger partial charge in [-0.2, -0.15) is 0 Å². The van der Waals surface area contributed by atoms with E-state index < -0.39 is 5.91 Å². The number of rotatable bonds is 4. The SMILES string of the molecule is Cc1nc(C2CCN(C(=O)c3ccc(N4CCN(C)CC4)cc3)CC2)ncc1C(N)=O. The number of amides is 2. The summed E-state index contributed by atoms with van der Waals surface area (Å²) in [6.45, 7) is 7.26. The molecule has 2 aliphatic heterocycles. The van der Waals surface area contributed by atoms with Crippen molar-refractivity contribution in [3.8, 4) is 0 Å². The van der Waals surface area contributed by atoms with Crippen molar-refractivity contribution in [2.45, 2.75) is 25.7 Å². The lowest BCUT2D eigenvalue weighted by molar-refractivity contribution is 0.0710. The molecule has 2 amide bonds. The average Bonchev–Trinajstić information content (AvgIpc) is 2.79. The third-order valence-electron chi connectivity index (χ3n) is 6.39. The molecule has 164 valence electrons. The van der Waals surface area contributed by atoms with Crippen LogP contribution in [0, 0.1) is 6.92 Å². The van der Waals surface area contributed by atoms with Crippen molar-refractivity contribution in [3.05, 3.63) is 53.1 Å². The quantitative estimate of drug-likeness (QED) is 0.805. The van der Waals surface area contributed by atoms with Crippen LogP contribution in [0.2, 0.25) is 0 Å². The molecule has 2 aromatic rings. The number of piperidine rings is 1. The number of primary amides is 1. The van der Waals surface area contributed by atoms with E-state index in [4.69, 9.17) is 5.73 Å². The molecular weight excluding hydrogens is 392 g/mol. The highest BCUT2D eigenvalue weighted by molar-refractivity contribution is 5.94. The third-order valence-corrected chi connectivity index (χ3v) is 6.39. The van der Waals surface area contributed by atoms with E-state index in [1.807, 2.05) is 17.0 Å². The topological polar surface area (TPSA) is 95.7 Å². The minimum absolute atomic E-state index is 0.0737. The zero-order chi connectivity index (χ0) is 22.0. The summed E-state index contributed by atoms with van der Waals surface area (Å²) >= 11 is 0. The summed E-state index contributed by atoms with van der Waals surface area (Å²) < 4.78 is 0. The summed E-state index contributed by atoms with van der Waals surface area (Å²) in [5.74, 6) is 0.475. The van der Waals surface area contributed by atoms with Crippen molar-refractivity contribution in [2.75, 3.05) is 51.2 Å². The number of hydrogen-bond donors (Lipinski definition) is 1. The van der Waals surface area contributed by atoms with Crippen molar-refractivity contribution in [3.63, 3.8) is 0 Å². The number of carbonyl (C=O) groups excluding carboxylic acids is 2. The second-order valence-electron chi connectivity index (χ2n) is 8.50. The van der Waals surface area contributed by atoms with Gasteiger partial charge < -0.3 is 20.4 Å². The minimum Gasteiger partial charge on any atom is -0.369 e. The summed E-state index contributed by atoms with van der Waals surface area (Å²) in [5.41, 5.74) is 8.21. The first kappa shape index (κ1) is 21.2. The molecule has 2 saturated heterocycles. The second kappa shape index (κ2) is 9.01. The van der Waals surface area contributed by atoms with Crippen LogP contribution >= 0.6 is 0 Å². The number of aryl methyl sites for hydroxylation is 1. The summed E-state index contributed by atoms with van der Waals surface area (Å²) in [6.07, 6.45) is 3.13. The van der Waals surface area contributed by atoms with Crippen molar-refractivity contribution in [1.82, 2.24) is 19.8 Å². The normalized spacial score (nSPS) is 18.3. The van der Waals surface area contributed by atoms with Gasteiger partial charge in [-0.3, -0.25) is 9.59 Å². The van der Waals surface area contributed by atoms with Gasteiger partial charge in [0.1, 0.15) is 5.82 Å². The van der Waals surface area contributed by atoms with Gasteiger partial charge in [-0.15, -0.1) is 0 Å². The number of carbonyl (C=O) groups is 2. The lowest BCUT2D eigenvalue weighted by Gasteiger charge is -2.34. The molecular formula is C23H30N6O2. The van der Waals surface area contributed by atoms with Crippen LogP contribution in [-0.2, 0) is 0 Å². The smallest absolute Gasteiger partial charge is 0.253 e. The van der Waals surface area contributed by atoms with Gasteiger partial charge in [-0.25, -0.2) is 9.97 Å². The molecule has 8 nitrogen and oxygen atoms in total. The summed E-state index contributed by atoms with van der Waals surface area (Å²) in [4.78, 5) is 39.8. The number of nitrogens with zero attached hydrogens (tertiary/aromatic N) is 5. The van der Waals surface area contributed by atoms with Crippen LogP contribution in [0.25, 0.3) is 0 Å². The molecule has 0 radical (unpaired) electrons. The van der Waals surface area contributed by atoms with Crippen LogP contribution in [0.15, 0.2) is 30.5 Å². The Balaban J connectivity index is 1.35. The van der Waals surface area contributed by atoms with Gasteiger partial charge in [0, 0.05) is 62.6 Å². The molecule has 31 heavy (non-hydrogen) atoms. The predicted octanol–water partition coefficient (Wildman–Crippen LogP) is 1.66. The predicted molar refractivity (Wildman–Crippen MR) is 119 cm³/mol. The molecule has 0 spiro atoms. The van der Waals surface area contributed by atoms with Gasteiger partial charge in [0.05, 0.1) is 11.3 Å². The maximum absolute atomic E-state index is 13.0. The van der Waals surface area contributed by atoms with Crippen LogP contribution in [0.1, 0.15) is 51.0 Å². The van der Waals surface area contributed by atoms with E-state index in [9.17, 15) is 9.59 Å². The highest BCUT2D eigenvalue weighted by Gasteiger charge is 2.27. The van der Waals surface area contributed by atoms with E-state index in [1.54, 1.807) is 6.92 Å². The van der Waals surface area contributed by atoms with Crippen LogP contribution in [0.5, 0.6) is 0 Å². The number of benzene rings is 1. The molecule has 1 aromatic heterocycles. The maximum atomic E-state index is 13.0. The molecule has 2 N–H and O–H groups in total. The van der Waals surface area contributed by atoms with Gasteiger partial charge in [0.15, 0.2) is 0 Å². The van der Waals surface area contributed by atoms with Crippen LogP contribution in [0.4, 0.5) is 5.69 Å². The molecule has 4 rings (SSSR count). The Morgan fingerprint density at radius 1 is 1.00 bits per heavy atom. The molecule has 0 saturated carbocycles. The zero-order valence-corrected chi connectivity index (χ0v) is 18.3. The first-order valence-corrected chi connectivity index (χ1v) is 10.9. The Kier molecular flexibility index (Phi) is 6.18.